The highest BCUT2D eigenvalue weighted by molar-refractivity contribution is 5.78. The maximum absolute atomic E-state index is 5.90. The van der Waals surface area contributed by atoms with Crippen molar-refractivity contribution in [2.75, 3.05) is 0 Å². The molecule has 1 heterocycles. The van der Waals surface area contributed by atoms with Crippen molar-refractivity contribution < 1.29 is 4.74 Å². The van der Waals surface area contributed by atoms with Crippen LogP contribution >= 0.6 is 0 Å². The third kappa shape index (κ3) is 3.21. The maximum atomic E-state index is 5.90. The summed E-state index contributed by atoms with van der Waals surface area (Å²) in [5.41, 5.74) is 3.44. The normalized spacial score (nSPS) is 15.1. The predicted molar refractivity (Wildman–Crippen MR) is 93.7 cm³/mol. The Bertz CT molecular complexity index is 788. The molecule has 2 heteroatoms. The van der Waals surface area contributed by atoms with Crippen LogP contribution in [-0.2, 0) is 6.61 Å². The minimum Gasteiger partial charge on any atom is -0.487 e. The molecule has 0 unspecified atom stereocenters. The quantitative estimate of drug-likeness (QED) is 0.637. The molecule has 0 radical (unpaired) electrons. The van der Waals surface area contributed by atoms with Gasteiger partial charge in [-0.25, -0.2) is 4.98 Å². The molecule has 0 atom stereocenters. The summed E-state index contributed by atoms with van der Waals surface area (Å²) in [5.74, 6) is 1.67. The molecule has 0 spiro atoms. The first kappa shape index (κ1) is 14.3. The third-order valence-electron chi connectivity index (χ3n) is 4.75. The van der Waals surface area contributed by atoms with E-state index in [0.29, 0.717) is 6.61 Å². The molecule has 2 nitrogen and oxygen atoms in total. The zero-order valence-corrected chi connectivity index (χ0v) is 13.2. The standard InChI is InChI=1S/C21H21NO/c1-2-6-16(5-1)17-10-13-20(14-11-17)23-15-19-12-9-18-7-3-4-8-21(18)22-19/h3-4,7-14,16H,1-2,5-6,15H2. The van der Waals surface area contributed by atoms with Crippen LogP contribution in [0.5, 0.6) is 5.75 Å². The zero-order chi connectivity index (χ0) is 15.5. The fourth-order valence-electron chi connectivity index (χ4n) is 3.44. The Kier molecular flexibility index (Phi) is 3.97. The Labute approximate surface area is 137 Å². The molecule has 1 saturated carbocycles. The number of para-hydroxylation sites is 1. The van der Waals surface area contributed by atoms with E-state index in [1.165, 1.54) is 31.2 Å². The molecular weight excluding hydrogens is 282 g/mol. The second kappa shape index (κ2) is 6.41. The van der Waals surface area contributed by atoms with Gasteiger partial charge in [0.25, 0.3) is 0 Å². The van der Waals surface area contributed by atoms with Crippen LogP contribution in [0.1, 0.15) is 42.9 Å². The number of benzene rings is 2. The topological polar surface area (TPSA) is 22.1 Å². The fraction of sp³-hybridized carbons (Fsp3) is 0.286. The monoisotopic (exact) mass is 303 g/mol. The van der Waals surface area contributed by atoms with Crippen LogP contribution in [0.2, 0.25) is 0 Å². The molecule has 23 heavy (non-hydrogen) atoms. The molecule has 1 aliphatic carbocycles. The second-order valence-corrected chi connectivity index (χ2v) is 6.33. The average molecular weight is 303 g/mol. The molecule has 0 bridgehead atoms. The van der Waals surface area contributed by atoms with Crippen LogP contribution in [0.3, 0.4) is 0 Å². The van der Waals surface area contributed by atoms with Crippen molar-refractivity contribution >= 4 is 10.9 Å². The van der Waals surface area contributed by atoms with E-state index in [-0.39, 0.29) is 0 Å². The summed E-state index contributed by atoms with van der Waals surface area (Å²) in [6, 6.07) is 20.9. The first-order valence-corrected chi connectivity index (χ1v) is 8.46. The van der Waals surface area contributed by atoms with Gasteiger partial charge in [-0.2, -0.15) is 0 Å². The van der Waals surface area contributed by atoms with Crippen LogP contribution in [0, 0.1) is 0 Å². The van der Waals surface area contributed by atoms with Gasteiger partial charge in [-0.3, -0.25) is 0 Å². The summed E-state index contributed by atoms with van der Waals surface area (Å²) >= 11 is 0. The highest BCUT2D eigenvalue weighted by Gasteiger charge is 2.16. The molecule has 0 aliphatic heterocycles. The highest BCUT2D eigenvalue weighted by Crippen LogP contribution is 2.34. The summed E-state index contributed by atoms with van der Waals surface area (Å²) in [6.07, 6.45) is 5.41. The smallest absolute Gasteiger partial charge is 0.130 e. The molecule has 116 valence electrons. The van der Waals surface area contributed by atoms with Crippen molar-refractivity contribution in [3.8, 4) is 5.75 Å². The summed E-state index contributed by atoms with van der Waals surface area (Å²) in [5, 5.41) is 1.16. The van der Waals surface area contributed by atoms with Crippen LogP contribution < -0.4 is 4.74 Å². The van der Waals surface area contributed by atoms with Crippen molar-refractivity contribution in [3.63, 3.8) is 0 Å². The number of aromatic nitrogens is 1. The van der Waals surface area contributed by atoms with Crippen molar-refractivity contribution in [1.82, 2.24) is 4.98 Å². The molecule has 1 aliphatic rings. The number of fused-ring (bicyclic) bond motifs is 1. The SMILES string of the molecule is c1ccc2nc(COc3ccc(C4CCCC4)cc3)ccc2c1. The number of hydrogen-bond acceptors (Lipinski definition) is 2. The average Bonchev–Trinajstić information content (AvgIpc) is 3.15. The number of hydrogen-bond donors (Lipinski definition) is 0. The van der Waals surface area contributed by atoms with Gasteiger partial charge in [-0.15, -0.1) is 0 Å². The highest BCUT2D eigenvalue weighted by atomic mass is 16.5. The van der Waals surface area contributed by atoms with E-state index in [9.17, 15) is 0 Å². The molecular formula is C21H21NO. The summed E-state index contributed by atoms with van der Waals surface area (Å²) in [6.45, 7) is 0.508. The van der Waals surface area contributed by atoms with E-state index >= 15 is 0 Å². The minimum absolute atomic E-state index is 0.508. The Morgan fingerprint density at radius 2 is 1.65 bits per heavy atom. The summed E-state index contributed by atoms with van der Waals surface area (Å²) in [7, 11) is 0. The lowest BCUT2D eigenvalue weighted by Gasteiger charge is -2.11. The van der Waals surface area contributed by atoms with Crippen molar-refractivity contribution in [2.45, 2.75) is 38.2 Å². The molecule has 0 amide bonds. The Balaban J connectivity index is 1.43. The third-order valence-corrected chi connectivity index (χ3v) is 4.75. The minimum atomic E-state index is 0.508. The van der Waals surface area contributed by atoms with Gasteiger partial charge in [0.1, 0.15) is 12.4 Å². The largest absolute Gasteiger partial charge is 0.487 e. The molecule has 1 fully saturated rings. The van der Waals surface area contributed by atoms with Crippen molar-refractivity contribution in [3.05, 3.63) is 71.9 Å². The number of pyridine rings is 1. The van der Waals surface area contributed by atoms with Crippen molar-refractivity contribution in [2.24, 2.45) is 0 Å². The molecule has 0 N–H and O–H groups in total. The Hall–Kier alpha value is -2.35. The van der Waals surface area contributed by atoms with Gasteiger partial charge in [0.2, 0.25) is 0 Å². The lowest BCUT2D eigenvalue weighted by Crippen LogP contribution is -1.99. The van der Waals surface area contributed by atoms with Gasteiger partial charge in [0, 0.05) is 5.39 Å². The lowest BCUT2D eigenvalue weighted by atomic mass is 9.98. The van der Waals surface area contributed by atoms with Crippen LogP contribution in [-0.4, -0.2) is 4.98 Å². The van der Waals surface area contributed by atoms with Gasteiger partial charge in [0.15, 0.2) is 0 Å². The van der Waals surface area contributed by atoms with Gasteiger partial charge in [0.05, 0.1) is 11.2 Å². The second-order valence-electron chi connectivity index (χ2n) is 6.33. The van der Waals surface area contributed by atoms with E-state index in [1.807, 2.05) is 24.3 Å². The molecule has 2 aromatic carbocycles. The first-order valence-electron chi connectivity index (χ1n) is 8.46. The van der Waals surface area contributed by atoms with Crippen LogP contribution in [0.4, 0.5) is 0 Å². The number of rotatable bonds is 4. The zero-order valence-electron chi connectivity index (χ0n) is 13.2. The maximum Gasteiger partial charge on any atom is 0.130 e. The fourth-order valence-corrected chi connectivity index (χ4v) is 3.44. The van der Waals surface area contributed by atoms with Crippen molar-refractivity contribution in [1.29, 1.82) is 0 Å². The lowest BCUT2D eigenvalue weighted by molar-refractivity contribution is 0.301. The molecule has 4 rings (SSSR count). The molecule has 1 aromatic heterocycles. The van der Waals surface area contributed by atoms with Crippen LogP contribution in [0.25, 0.3) is 10.9 Å². The molecule has 3 aromatic rings. The van der Waals surface area contributed by atoms with E-state index in [0.717, 1.165) is 28.3 Å². The number of ether oxygens (including phenoxy) is 1. The van der Waals surface area contributed by atoms with E-state index in [2.05, 4.69) is 41.4 Å². The summed E-state index contributed by atoms with van der Waals surface area (Å²) in [4.78, 5) is 4.65. The van der Waals surface area contributed by atoms with E-state index in [1.54, 1.807) is 0 Å². The van der Waals surface area contributed by atoms with E-state index in [4.69, 9.17) is 4.74 Å². The summed E-state index contributed by atoms with van der Waals surface area (Å²) < 4.78 is 5.90. The van der Waals surface area contributed by atoms with Crippen LogP contribution in [0.15, 0.2) is 60.7 Å². The number of nitrogens with zero attached hydrogens (tertiary/aromatic N) is 1. The Morgan fingerprint density at radius 1 is 0.870 bits per heavy atom. The van der Waals surface area contributed by atoms with Gasteiger partial charge in [-0.1, -0.05) is 49.2 Å². The van der Waals surface area contributed by atoms with Gasteiger partial charge in [-0.05, 0) is 48.6 Å². The predicted octanol–water partition coefficient (Wildman–Crippen LogP) is 5.47. The first-order chi connectivity index (χ1) is 11.4. The van der Waals surface area contributed by atoms with Gasteiger partial charge < -0.3 is 4.74 Å². The molecule has 0 saturated heterocycles. The van der Waals surface area contributed by atoms with Gasteiger partial charge >= 0.3 is 0 Å². The van der Waals surface area contributed by atoms with E-state index < -0.39 is 0 Å². The Morgan fingerprint density at radius 3 is 2.48 bits per heavy atom.